The van der Waals surface area contributed by atoms with Crippen molar-refractivity contribution in [3.63, 3.8) is 0 Å². The van der Waals surface area contributed by atoms with Gasteiger partial charge in [0.1, 0.15) is 0 Å². The lowest BCUT2D eigenvalue weighted by atomic mass is 10.0. The van der Waals surface area contributed by atoms with Crippen molar-refractivity contribution in [2.75, 3.05) is 19.0 Å². The van der Waals surface area contributed by atoms with Gasteiger partial charge in [-0.2, -0.15) is 5.26 Å². The van der Waals surface area contributed by atoms with Gasteiger partial charge < -0.3 is 19.9 Å². The fourth-order valence-corrected chi connectivity index (χ4v) is 3.48. The summed E-state index contributed by atoms with van der Waals surface area (Å²) in [6.45, 7) is 1.75. The number of allylic oxidation sites excluding steroid dienone is 1. The first kappa shape index (κ1) is 24.6. The molecule has 0 atom stereocenters. The number of carboxylic acids is 1. The second-order valence-electron chi connectivity index (χ2n) is 7.28. The first-order chi connectivity index (χ1) is 16.3. The summed E-state index contributed by atoms with van der Waals surface area (Å²) in [7, 11) is 1.48. The molecule has 0 radical (unpaired) electrons. The summed E-state index contributed by atoms with van der Waals surface area (Å²) in [5.74, 6) is -0.613. The average Bonchev–Trinajstić information content (AvgIpc) is 2.83. The van der Waals surface area contributed by atoms with Gasteiger partial charge in [0.15, 0.2) is 18.1 Å². The van der Waals surface area contributed by atoms with Crippen LogP contribution in [0.4, 0.5) is 5.69 Å². The Morgan fingerprint density at radius 3 is 2.29 bits per heavy atom. The number of nitrogens with one attached hydrogen (secondary N) is 1. The zero-order valence-electron chi connectivity index (χ0n) is 18.5. The molecule has 0 spiro atoms. The van der Waals surface area contributed by atoms with E-state index >= 15 is 0 Å². The molecule has 0 fully saturated rings. The van der Waals surface area contributed by atoms with Crippen molar-refractivity contribution in [3.8, 4) is 17.6 Å². The predicted molar refractivity (Wildman–Crippen MR) is 133 cm³/mol. The van der Waals surface area contributed by atoms with Crippen molar-refractivity contribution in [2.24, 2.45) is 0 Å². The Bertz CT molecular complexity index is 1280. The number of anilines is 1. The summed E-state index contributed by atoms with van der Waals surface area (Å²) < 4.78 is 11.7. The van der Waals surface area contributed by atoms with Crippen LogP contribution in [0.25, 0.3) is 11.6 Å². The fraction of sp³-hybridized carbons (Fsp3) is 0.115. The number of methoxy groups -OCH3 is 1. The van der Waals surface area contributed by atoms with Gasteiger partial charge in [-0.15, -0.1) is 0 Å². The summed E-state index contributed by atoms with van der Waals surface area (Å²) in [5, 5.41) is 21.4. The van der Waals surface area contributed by atoms with Crippen LogP contribution in [-0.4, -0.2) is 30.7 Å². The monoisotopic (exact) mass is 520 g/mol. The number of rotatable bonds is 8. The summed E-state index contributed by atoms with van der Waals surface area (Å²) in [5.41, 5.74) is 3.46. The molecule has 1 amide bonds. The van der Waals surface area contributed by atoms with Crippen molar-refractivity contribution in [1.29, 1.82) is 5.26 Å². The largest absolute Gasteiger partial charge is 0.493 e. The lowest BCUT2D eigenvalue weighted by molar-refractivity contribution is -0.118. The number of carboxylic acid groups (broad SMARTS) is 1. The van der Waals surface area contributed by atoms with Gasteiger partial charge in [0, 0.05) is 10.2 Å². The molecule has 0 unspecified atom stereocenters. The number of ether oxygens (including phenoxy) is 2. The van der Waals surface area contributed by atoms with Gasteiger partial charge in [0.2, 0.25) is 0 Å². The Labute approximate surface area is 205 Å². The lowest BCUT2D eigenvalue weighted by Crippen LogP contribution is -2.20. The minimum absolute atomic E-state index is 0.136. The lowest BCUT2D eigenvalue weighted by Gasteiger charge is -2.13. The molecule has 3 aromatic rings. The van der Waals surface area contributed by atoms with Crippen LogP contribution in [0, 0.1) is 18.3 Å². The van der Waals surface area contributed by atoms with E-state index in [2.05, 4.69) is 27.3 Å². The number of amides is 1. The fourth-order valence-electron chi connectivity index (χ4n) is 3.04. The van der Waals surface area contributed by atoms with Gasteiger partial charge in [-0.25, -0.2) is 4.79 Å². The first-order valence-corrected chi connectivity index (χ1v) is 10.9. The maximum absolute atomic E-state index is 12.3. The summed E-state index contributed by atoms with van der Waals surface area (Å²) in [4.78, 5) is 23.3. The van der Waals surface area contributed by atoms with Crippen LogP contribution >= 0.6 is 15.9 Å². The standard InChI is InChI=1S/C26H21BrN2O5/c1-16-3-9-21(10-4-16)29-25(30)15-34-24-13-22(27)19(12-23(24)33-2)11-20(14-28)17-5-7-18(8-6-17)26(31)32/h3-13H,15H2,1-2H3,(H,29,30)(H,31,32)/b20-11-. The molecule has 3 rings (SSSR count). The molecule has 34 heavy (non-hydrogen) atoms. The van der Waals surface area contributed by atoms with Crippen molar-refractivity contribution in [3.05, 3.63) is 87.4 Å². The third-order valence-electron chi connectivity index (χ3n) is 4.84. The number of benzene rings is 3. The molecule has 0 saturated carbocycles. The quantitative estimate of drug-likeness (QED) is 0.298. The van der Waals surface area contributed by atoms with E-state index in [9.17, 15) is 14.9 Å². The van der Waals surface area contributed by atoms with Crippen LogP contribution in [0.3, 0.4) is 0 Å². The van der Waals surface area contributed by atoms with Crippen LogP contribution in [0.15, 0.2) is 65.1 Å². The van der Waals surface area contributed by atoms with Crippen molar-refractivity contribution < 1.29 is 24.2 Å². The number of aromatic carboxylic acids is 1. The molecule has 2 N–H and O–H groups in total. The van der Waals surface area contributed by atoms with E-state index in [-0.39, 0.29) is 18.1 Å². The van der Waals surface area contributed by atoms with E-state index < -0.39 is 5.97 Å². The van der Waals surface area contributed by atoms with Gasteiger partial charge in [-0.1, -0.05) is 45.8 Å². The van der Waals surface area contributed by atoms with Gasteiger partial charge in [0.25, 0.3) is 5.91 Å². The maximum Gasteiger partial charge on any atom is 0.335 e. The van der Waals surface area contributed by atoms with Crippen LogP contribution < -0.4 is 14.8 Å². The van der Waals surface area contributed by atoms with Crippen molar-refractivity contribution in [2.45, 2.75) is 6.92 Å². The smallest absolute Gasteiger partial charge is 0.335 e. The van der Waals surface area contributed by atoms with Crippen LogP contribution in [0.2, 0.25) is 0 Å². The van der Waals surface area contributed by atoms with Crippen LogP contribution in [-0.2, 0) is 4.79 Å². The van der Waals surface area contributed by atoms with E-state index in [1.165, 1.54) is 19.2 Å². The predicted octanol–water partition coefficient (Wildman–Crippen LogP) is 5.55. The summed E-state index contributed by atoms with van der Waals surface area (Å²) in [6, 6.07) is 18.9. The van der Waals surface area contributed by atoms with E-state index in [0.29, 0.717) is 38.4 Å². The van der Waals surface area contributed by atoms with E-state index in [1.807, 2.05) is 31.2 Å². The summed E-state index contributed by atoms with van der Waals surface area (Å²) >= 11 is 3.47. The molecular weight excluding hydrogens is 500 g/mol. The molecule has 0 saturated heterocycles. The Morgan fingerprint density at radius 2 is 1.71 bits per heavy atom. The zero-order valence-corrected chi connectivity index (χ0v) is 20.0. The highest BCUT2D eigenvalue weighted by molar-refractivity contribution is 9.10. The summed E-state index contributed by atoms with van der Waals surface area (Å²) in [6.07, 6.45) is 1.65. The van der Waals surface area contributed by atoms with Crippen LogP contribution in [0.5, 0.6) is 11.5 Å². The molecular formula is C26H21BrN2O5. The van der Waals surface area contributed by atoms with Crippen LogP contribution in [0.1, 0.15) is 27.0 Å². The molecule has 0 aliphatic heterocycles. The second kappa shape index (κ2) is 11.2. The van der Waals surface area contributed by atoms with Crippen molar-refractivity contribution in [1.82, 2.24) is 0 Å². The Morgan fingerprint density at radius 1 is 1.06 bits per heavy atom. The number of aryl methyl sites for hydroxylation is 1. The number of hydrogen-bond acceptors (Lipinski definition) is 5. The number of nitriles is 1. The average molecular weight is 521 g/mol. The first-order valence-electron chi connectivity index (χ1n) is 10.1. The highest BCUT2D eigenvalue weighted by Crippen LogP contribution is 2.35. The number of carbonyl (C=O) groups excluding carboxylic acids is 1. The minimum Gasteiger partial charge on any atom is -0.493 e. The molecule has 0 aliphatic carbocycles. The van der Waals surface area contributed by atoms with E-state index in [4.69, 9.17) is 14.6 Å². The zero-order chi connectivity index (χ0) is 24.7. The molecule has 8 heteroatoms. The number of carbonyl (C=O) groups is 2. The normalized spacial score (nSPS) is 10.8. The van der Waals surface area contributed by atoms with E-state index in [0.717, 1.165) is 5.56 Å². The number of nitrogens with zero attached hydrogens (tertiary/aromatic N) is 1. The molecule has 0 aliphatic rings. The molecule has 0 aromatic heterocycles. The Hall–Kier alpha value is -4.09. The number of hydrogen-bond donors (Lipinski definition) is 2. The highest BCUT2D eigenvalue weighted by atomic mass is 79.9. The number of halogens is 1. The maximum atomic E-state index is 12.3. The third-order valence-corrected chi connectivity index (χ3v) is 5.53. The van der Waals surface area contributed by atoms with E-state index in [1.54, 1.807) is 30.3 Å². The Balaban J connectivity index is 1.78. The van der Waals surface area contributed by atoms with Gasteiger partial charge >= 0.3 is 5.97 Å². The Kier molecular flexibility index (Phi) is 8.06. The van der Waals surface area contributed by atoms with Gasteiger partial charge in [-0.05, 0) is 60.5 Å². The molecule has 0 bridgehead atoms. The van der Waals surface area contributed by atoms with Gasteiger partial charge in [0.05, 0.1) is 24.3 Å². The topological polar surface area (TPSA) is 109 Å². The van der Waals surface area contributed by atoms with Gasteiger partial charge in [-0.3, -0.25) is 4.79 Å². The molecule has 7 nitrogen and oxygen atoms in total. The minimum atomic E-state index is -1.04. The molecule has 172 valence electrons. The molecule has 0 heterocycles. The second-order valence-corrected chi connectivity index (χ2v) is 8.13. The highest BCUT2D eigenvalue weighted by Gasteiger charge is 2.13. The van der Waals surface area contributed by atoms with Crippen molar-refractivity contribution >= 4 is 45.1 Å². The third kappa shape index (κ3) is 6.24. The molecule has 3 aromatic carbocycles. The SMILES string of the molecule is COc1cc(/C=C(/C#N)c2ccc(C(=O)O)cc2)c(Br)cc1OCC(=O)Nc1ccc(C)cc1.